The van der Waals surface area contributed by atoms with Gasteiger partial charge in [-0.15, -0.1) is 0 Å². The van der Waals surface area contributed by atoms with E-state index in [-0.39, 0.29) is 5.54 Å². The minimum absolute atomic E-state index is 0.112. The Morgan fingerprint density at radius 3 is 2.69 bits per heavy atom. The number of ether oxygens (including phenoxy) is 1. The molecule has 1 fully saturated rings. The van der Waals surface area contributed by atoms with Gasteiger partial charge >= 0.3 is 0 Å². The summed E-state index contributed by atoms with van der Waals surface area (Å²) in [5.41, 5.74) is 8.65. The van der Waals surface area contributed by atoms with Gasteiger partial charge in [0.1, 0.15) is 5.75 Å². The van der Waals surface area contributed by atoms with Gasteiger partial charge in [0.25, 0.3) is 0 Å². The monoisotopic (exact) mass is 283 g/mol. The molecule has 1 saturated carbocycles. The molecule has 1 aromatic carbocycles. The van der Waals surface area contributed by atoms with Crippen LogP contribution in [0.5, 0.6) is 5.75 Å². The van der Waals surface area contributed by atoms with Gasteiger partial charge in [-0.3, -0.25) is 0 Å². The number of halogens is 1. The molecule has 0 atom stereocenters. The van der Waals surface area contributed by atoms with Crippen LogP contribution in [0.25, 0.3) is 0 Å². The van der Waals surface area contributed by atoms with Gasteiger partial charge in [0, 0.05) is 10.0 Å². The van der Waals surface area contributed by atoms with E-state index in [1.54, 1.807) is 7.11 Å². The topological polar surface area (TPSA) is 35.2 Å². The third kappa shape index (κ3) is 2.58. The van der Waals surface area contributed by atoms with Crippen molar-refractivity contribution in [2.45, 2.75) is 38.1 Å². The number of aryl methyl sites for hydroxylation is 2. The van der Waals surface area contributed by atoms with Crippen LogP contribution in [0.1, 0.15) is 30.4 Å². The lowest BCUT2D eigenvalue weighted by Crippen LogP contribution is -2.22. The number of hydrogen-bond donors (Lipinski definition) is 1. The first-order valence-electron chi connectivity index (χ1n) is 5.66. The molecule has 0 radical (unpaired) electrons. The number of nitrogens with two attached hydrogens (primary N) is 1. The van der Waals surface area contributed by atoms with E-state index in [9.17, 15) is 0 Å². The molecule has 0 aromatic heterocycles. The maximum absolute atomic E-state index is 6.11. The number of benzene rings is 1. The van der Waals surface area contributed by atoms with E-state index in [0.717, 1.165) is 23.1 Å². The van der Waals surface area contributed by atoms with Gasteiger partial charge in [0.15, 0.2) is 0 Å². The molecule has 0 spiro atoms. The Labute approximate surface area is 105 Å². The number of hydrogen-bond acceptors (Lipinski definition) is 2. The van der Waals surface area contributed by atoms with Crippen molar-refractivity contribution < 1.29 is 4.74 Å². The van der Waals surface area contributed by atoms with Crippen molar-refractivity contribution in [2.24, 2.45) is 5.73 Å². The molecule has 2 rings (SSSR count). The zero-order valence-corrected chi connectivity index (χ0v) is 11.4. The minimum Gasteiger partial charge on any atom is -0.496 e. The van der Waals surface area contributed by atoms with Crippen LogP contribution < -0.4 is 10.5 Å². The summed E-state index contributed by atoms with van der Waals surface area (Å²) in [6.07, 6.45) is 4.39. The average molecular weight is 284 g/mol. The van der Waals surface area contributed by atoms with E-state index >= 15 is 0 Å². The number of methoxy groups -OCH3 is 1. The molecule has 1 aromatic rings. The van der Waals surface area contributed by atoms with Crippen molar-refractivity contribution in [3.05, 3.63) is 27.7 Å². The number of rotatable bonds is 4. The summed E-state index contributed by atoms with van der Waals surface area (Å²) in [4.78, 5) is 0. The van der Waals surface area contributed by atoms with Gasteiger partial charge < -0.3 is 10.5 Å². The Bertz CT molecular complexity index is 399. The van der Waals surface area contributed by atoms with Gasteiger partial charge in [-0.05, 0) is 55.9 Å². The Balaban J connectivity index is 2.17. The average Bonchev–Trinajstić information content (AvgIpc) is 2.94. The lowest BCUT2D eigenvalue weighted by Gasteiger charge is -2.14. The third-order valence-electron chi connectivity index (χ3n) is 3.30. The molecule has 1 aliphatic rings. The van der Waals surface area contributed by atoms with Crippen LogP contribution in [-0.4, -0.2) is 12.6 Å². The smallest absolute Gasteiger partial charge is 0.125 e. The van der Waals surface area contributed by atoms with Crippen LogP contribution >= 0.6 is 15.9 Å². The van der Waals surface area contributed by atoms with Crippen molar-refractivity contribution in [1.29, 1.82) is 0 Å². The molecular weight excluding hydrogens is 266 g/mol. The van der Waals surface area contributed by atoms with Crippen LogP contribution in [0, 0.1) is 6.92 Å². The second-order valence-electron chi connectivity index (χ2n) is 4.78. The van der Waals surface area contributed by atoms with Crippen LogP contribution in [0.15, 0.2) is 16.6 Å². The molecule has 88 valence electrons. The molecule has 2 N–H and O–H groups in total. The lowest BCUT2D eigenvalue weighted by atomic mass is 10.0. The Morgan fingerprint density at radius 2 is 2.12 bits per heavy atom. The second kappa shape index (κ2) is 4.38. The lowest BCUT2D eigenvalue weighted by molar-refractivity contribution is 0.404. The summed E-state index contributed by atoms with van der Waals surface area (Å²) in [6, 6.07) is 4.22. The molecule has 2 nitrogen and oxygen atoms in total. The predicted octanol–water partition coefficient (Wildman–Crippen LogP) is 3.19. The predicted molar refractivity (Wildman–Crippen MR) is 69.9 cm³/mol. The molecule has 0 bridgehead atoms. The van der Waals surface area contributed by atoms with Gasteiger partial charge in [0.05, 0.1) is 7.11 Å². The van der Waals surface area contributed by atoms with Crippen LogP contribution in [-0.2, 0) is 6.42 Å². The fourth-order valence-corrected chi connectivity index (χ4v) is 2.69. The van der Waals surface area contributed by atoms with E-state index in [0.29, 0.717) is 0 Å². The molecule has 0 saturated heterocycles. The summed E-state index contributed by atoms with van der Waals surface area (Å²) < 4.78 is 6.57. The summed E-state index contributed by atoms with van der Waals surface area (Å²) in [5, 5.41) is 0. The van der Waals surface area contributed by atoms with Gasteiger partial charge in [0.2, 0.25) is 0 Å². The summed E-state index contributed by atoms with van der Waals surface area (Å²) in [7, 11) is 1.73. The summed E-state index contributed by atoms with van der Waals surface area (Å²) >= 11 is 3.53. The highest BCUT2D eigenvalue weighted by atomic mass is 79.9. The fraction of sp³-hybridized carbons (Fsp3) is 0.538. The molecule has 0 amide bonds. The van der Waals surface area contributed by atoms with E-state index in [2.05, 4.69) is 35.0 Å². The molecular formula is C13H18BrNO. The second-order valence-corrected chi connectivity index (χ2v) is 5.69. The highest BCUT2D eigenvalue weighted by Crippen LogP contribution is 2.38. The maximum Gasteiger partial charge on any atom is 0.125 e. The van der Waals surface area contributed by atoms with Crippen molar-refractivity contribution in [2.75, 3.05) is 7.11 Å². The van der Waals surface area contributed by atoms with Crippen molar-refractivity contribution in [3.8, 4) is 5.75 Å². The van der Waals surface area contributed by atoms with Gasteiger partial charge in [-0.2, -0.15) is 0 Å². The van der Waals surface area contributed by atoms with Crippen molar-refractivity contribution in [1.82, 2.24) is 0 Å². The fourth-order valence-electron chi connectivity index (χ4n) is 2.07. The standard InChI is InChI=1S/C13H18BrNO/c1-9-7-11(14)8-10(12(9)16-2)3-4-13(15)5-6-13/h7-8H,3-6,15H2,1-2H3. The normalized spacial score (nSPS) is 17.2. The van der Waals surface area contributed by atoms with Crippen molar-refractivity contribution in [3.63, 3.8) is 0 Å². The first-order chi connectivity index (χ1) is 7.54. The first-order valence-corrected chi connectivity index (χ1v) is 6.45. The Hall–Kier alpha value is -0.540. The molecule has 16 heavy (non-hydrogen) atoms. The summed E-state index contributed by atoms with van der Waals surface area (Å²) in [6.45, 7) is 2.07. The minimum atomic E-state index is 0.112. The Morgan fingerprint density at radius 1 is 1.44 bits per heavy atom. The first kappa shape index (κ1) is 11.9. The molecule has 0 aliphatic heterocycles. The molecule has 3 heteroatoms. The van der Waals surface area contributed by atoms with Crippen molar-refractivity contribution >= 4 is 15.9 Å². The van der Waals surface area contributed by atoms with E-state index in [4.69, 9.17) is 10.5 Å². The highest BCUT2D eigenvalue weighted by Gasteiger charge is 2.37. The maximum atomic E-state index is 6.11. The van der Waals surface area contributed by atoms with Gasteiger partial charge in [-0.25, -0.2) is 0 Å². The zero-order valence-electron chi connectivity index (χ0n) is 9.85. The third-order valence-corrected chi connectivity index (χ3v) is 3.76. The van der Waals surface area contributed by atoms with Gasteiger partial charge in [-0.1, -0.05) is 15.9 Å². The van der Waals surface area contributed by atoms with E-state index in [1.165, 1.54) is 24.0 Å². The SMILES string of the molecule is COc1c(C)cc(Br)cc1CCC1(N)CC1. The Kier molecular flexibility index (Phi) is 3.27. The van der Waals surface area contributed by atoms with Crippen LogP contribution in [0.3, 0.4) is 0 Å². The summed E-state index contributed by atoms with van der Waals surface area (Å²) in [5.74, 6) is 1.01. The quantitative estimate of drug-likeness (QED) is 0.921. The van der Waals surface area contributed by atoms with E-state index in [1.807, 2.05) is 0 Å². The van der Waals surface area contributed by atoms with Crippen LogP contribution in [0.4, 0.5) is 0 Å². The highest BCUT2D eigenvalue weighted by molar-refractivity contribution is 9.10. The van der Waals surface area contributed by atoms with Crippen LogP contribution in [0.2, 0.25) is 0 Å². The van der Waals surface area contributed by atoms with E-state index < -0.39 is 0 Å². The largest absolute Gasteiger partial charge is 0.496 e. The molecule has 0 unspecified atom stereocenters. The molecule has 1 aliphatic carbocycles. The zero-order chi connectivity index (χ0) is 11.8. The molecule has 0 heterocycles.